The Morgan fingerprint density at radius 3 is 2.56 bits per heavy atom. The van der Waals surface area contributed by atoms with E-state index in [0.717, 1.165) is 5.56 Å². The van der Waals surface area contributed by atoms with Crippen LogP contribution in [0.25, 0.3) is 0 Å². The van der Waals surface area contributed by atoms with E-state index in [9.17, 15) is 4.79 Å². The predicted molar refractivity (Wildman–Crippen MR) is 120 cm³/mol. The number of amides is 1. The van der Waals surface area contributed by atoms with Crippen molar-refractivity contribution >= 4 is 11.6 Å². The van der Waals surface area contributed by atoms with E-state index in [1.807, 2.05) is 25.1 Å². The Morgan fingerprint density at radius 1 is 0.938 bits per heavy atom. The summed E-state index contributed by atoms with van der Waals surface area (Å²) >= 11 is 0. The fourth-order valence-electron chi connectivity index (χ4n) is 3.31. The molecule has 7 nitrogen and oxygen atoms in total. The molecule has 166 valence electrons. The van der Waals surface area contributed by atoms with Crippen LogP contribution in [-0.2, 0) is 6.61 Å². The van der Waals surface area contributed by atoms with Gasteiger partial charge in [0, 0.05) is 28.9 Å². The van der Waals surface area contributed by atoms with Crippen molar-refractivity contribution in [1.82, 2.24) is 0 Å². The molecule has 4 rings (SSSR count). The number of rotatable bonds is 8. The molecule has 1 amide bonds. The summed E-state index contributed by atoms with van der Waals surface area (Å²) in [6.07, 6.45) is 0. The van der Waals surface area contributed by atoms with Crippen LogP contribution in [0.5, 0.6) is 28.7 Å². The molecular formula is C25H25NO6. The highest BCUT2D eigenvalue weighted by Crippen LogP contribution is 2.33. The van der Waals surface area contributed by atoms with E-state index in [4.69, 9.17) is 23.7 Å². The molecule has 1 aliphatic heterocycles. The first-order valence-corrected chi connectivity index (χ1v) is 10.4. The molecule has 3 aromatic rings. The first-order chi connectivity index (χ1) is 15.7. The van der Waals surface area contributed by atoms with Gasteiger partial charge >= 0.3 is 0 Å². The zero-order valence-corrected chi connectivity index (χ0v) is 18.1. The minimum Gasteiger partial charge on any atom is -0.497 e. The number of carbonyl (C=O) groups is 1. The van der Waals surface area contributed by atoms with Gasteiger partial charge in [0.05, 0.1) is 13.7 Å². The number of fused-ring (bicyclic) bond motifs is 1. The number of hydrogen-bond acceptors (Lipinski definition) is 6. The molecule has 0 unspecified atom stereocenters. The maximum Gasteiger partial charge on any atom is 0.255 e. The molecule has 0 saturated heterocycles. The third-order valence-electron chi connectivity index (χ3n) is 4.86. The number of methoxy groups -OCH3 is 1. The van der Waals surface area contributed by atoms with Gasteiger partial charge in [-0.2, -0.15) is 0 Å². The summed E-state index contributed by atoms with van der Waals surface area (Å²) in [5, 5.41) is 2.90. The Kier molecular flexibility index (Phi) is 6.65. The Bertz CT molecular complexity index is 1100. The number of benzene rings is 3. The molecule has 0 saturated carbocycles. The number of ether oxygens (including phenoxy) is 5. The molecule has 0 atom stereocenters. The van der Waals surface area contributed by atoms with Gasteiger partial charge in [-0.15, -0.1) is 0 Å². The second kappa shape index (κ2) is 9.96. The van der Waals surface area contributed by atoms with Gasteiger partial charge in [0.1, 0.15) is 37.1 Å². The van der Waals surface area contributed by atoms with Crippen molar-refractivity contribution in [2.45, 2.75) is 13.5 Å². The molecule has 1 heterocycles. The highest BCUT2D eigenvalue weighted by Gasteiger charge is 2.15. The Balaban J connectivity index is 1.50. The van der Waals surface area contributed by atoms with Gasteiger partial charge in [-0.05, 0) is 49.4 Å². The smallest absolute Gasteiger partial charge is 0.255 e. The van der Waals surface area contributed by atoms with E-state index in [0.29, 0.717) is 59.8 Å². The molecule has 7 heteroatoms. The quantitative estimate of drug-likeness (QED) is 0.553. The van der Waals surface area contributed by atoms with Gasteiger partial charge in [0.25, 0.3) is 5.91 Å². The third-order valence-corrected chi connectivity index (χ3v) is 4.86. The van der Waals surface area contributed by atoms with Gasteiger partial charge < -0.3 is 29.0 Å². The van der Waals surface area contributed by atoms with E-state index < -0.39 is 0 Å². The van der Waals surface area contributed by atoms with E-state index >= 15 is 0 Å². The van der Waals surface area contributed by atoms with Gasteiger partial charge in [-0.25, -0.2) is 0 Å². The van der Waals surface area contributed by atoms with Crippen molar-refractivity contribution < 1.29 is 28.5 Å². The molecule has 3 aromatic carbocycles. The van der Waals surface area contributed by atoms with Crippen LogP contribution in [0.1, 0.15) is 22.8 Å². The van der Waals surface area contributed by atoms with E-state index in [2.05, 4.69) is 5.32 Å². The summed E-state index contributed by atoms with van der Waals surface area (Å²) in [6, 6.07) is 18.0. The fourth-order valence-corrected chi connectivity index (χ4v) is 3.31. The highest BCUT2D eigenvalue weighted by atomic mass is 16.6. The van der Waals surface area contributed by atoms with Gasteiger partial charge in [0.2, 0.25) is 0 Å². The SMILES string of the molecule is CCOc1ccc(C(=O)Nc2ccc3c(c2)OCCO3)cc1COc1cccc(OC)c1. The molecule has 1 aliphatic rings. The van der Waals surface area contributed by atoms with E-state index in [-0.39, 0.29) is 12.5 Å². The van der Waals surface area contributed by atoms with Crippen molar-refractivity contribution in [2.75, 3.05) is 32.2 Å². The lowest BCUT2D eigenvalue weighted by Gasteiger charge is -2.19. The normalized spacial score (nSPS) is 12.1. The molecular weight excluding hydrogens is 410 g/mol. The average molecular weight is 435 g/mol. The second-order valence-corrected chi connectivity index (χ2v) is 7.04. The van der Waals surface area contributed by atoms with Gasteiger partial charge in [-0.1, -0.05) is 6.07 Å². The van der Waals surface area contributed by atoms with Crippen LogP contribution >= 0.6 is 0 Å². The van der Waals surface area contributed by atoms with Crippen molar-refractivity contribution in [3.8, 4) is 28.7 Å². The van der Waals surface area contributed by atoms with Crippen molar-refractivity contribution in [3.63, 3.8) is 0 Å². The van der Waals surface area contributed by atoms with E-state index in [1.165, 1.54) is 0 Å². The first kappa shape index (κ1) is 21.4. The van der Waals surface area contributed by atoms with Gasteiger partial charge in [-0.3, -0.25) is 4.79 Å². The van der Waals surface area contributed by atoms with Crippen LogP contribution in [-0.4, -0.2) is 32.8 Å². The number of nitrogens with one attached hydrogen (secondary N) is 1. The maximum atomic E-state index is 12.9. The molecule has 0 radical (unpaired) electrons. The van der Waals surface area contributed by atoms with Crippen molar-refractivity contribution in [1.29, 1.82) is 0 Å². The van der Waals surface area contributed by atoms with Crippen LogP contribution in [0.4, 0.5) is 5.69 Å². The van der Waals surface area contributed by atoms with Crippen molar-refractivity contribution in [2.24, 2.45) is 0 Å². The zero-order chi connectivity index (χ0) is 22.3. The molecule has 0 fully saturated rings. The largest absolute Gasteiger partial charge is 0.497 e. The first-order valence-electron chi connectivity index (χ1n) is 10.4. The summed E-state index contributed by atoms with van der Waals surface area (Å²) in [6.45, 7) is 3.67. The lowest BCUT2D eigenvalue weighted by Crippen LogP contribution is -2.16. The minimum absolute atomic E-state index is 0.243. The molecule has 0 aliphatic carbocycles. The molecule has 0 bridgehead atoms. The van der Waals surface area contributed by atoms with Crippen molar-refractivity contribution in [3.05, 3.63) is 71.8 Å². The Labute approximate surface area is 186 Å². The average Bonchev–Trinajstić information content (AvgIpc) is 2.83. The van der Waals surface area contributed by atoms with Crippen LogP contribution in [0, 0.1) is 0 Å². The lowest BCUT2D eigenvalue weighted by atomic mass is 10.1. The molecule has 0 aromatic heterocycles. The van der Waals surface area contributed by atoms with Gasteiger partial charge in [0.15, 0.2) is 11.5 Å². The number of hydrogen-bond donors (Lipinski definition) is 1. The molecule has 32 heavy (non-hydrogen) atoms. The summed E-state index contributed by atoms with van der Waals surface area (Å²) in [7, 11) is 1.61. The topological polar surface area (TPSA) is 75.3 Å². The Hall–Kier alpha value is -3.87. The fraction of sp³-hybridized carbons (Fsp3) is 0.240. The zero-order valence-electron chi connectivity index (χ0n) is 18.1. The predicted octanol–water partition coefficient (Wildman–Crippen LogP) is 4.70. The van der Waals surface area contributed by atoms with E-state index in [1.54, 1.807) is 49.6 Å². The summed E-state index contributed by atoms with van der Waals surface area (Å²) < 4.78 is 28.0. The monoisotopic (exact) mass is 435 g/mol. The van der Waals surface area contributed by atoms with Crippen LogP contribution in [0.2, 0.25) is 0 Å². The lowest BCUT2D eigenvalue weighted by molar-refractivity contribution is 0.102. The molecule has 1 N–H and O–H groups in total. The third kappa shape index (κ3) is 5.06. The summed E-state index contributed by atoms with van der Waals surface area (Å²) in [4.78, 5) is 12.9. The highest BCUT2D eigenvalue weighted by molar-refractivity contribution is 6.04. The second-order valence-electron chi connectivity index (χ2n) is 7.04. The summed E-state index contributed by atoms with van der Waals surface area (Å²) in [5.41, 5.74) is 1.89. The van der Waals surface area contributed by atoms with Crippen LogP contribution in [0.15, 0.2) is 60.7 Å². The minimum atomic E-state index is -0.243. The molecule has 0 spiro atoms. The van der Waals surface area contributed by atoms with Crippen LogP contribution in [0.3, 0.4) is 0 Å². The number of carbonyl (C=O) groups excluding carboxylic acids is 1. The standard InChI is InChI=1S/C25H25NO6/c1-3-29-22-9-7-17(13-18(22)16-32-21-6-4-5-20(15-21)28-2)25(27)26-19-8-10-23-24(14-19)31-12-11-30-23/h4-10,13-15H,3,11-12,16H2,1-2H3,(H,26,27). The Morgan fingerprint density at radius 2 is 1.75 bits per heavy atom. The number of anilines is 1. The maximum absolute atomic E-state index is 12.9. The summed E-state index contributed by atoms with van der Waals surface area (Å²) in [5.74, 6) is 3.09. The van der Waals surface area contributed by atoms with Crippen LogP contribution < -0.4 is 29.0 Å².